The first-order valence-electron chi connectivity index (χ1n) is 11.4. The van der Waals surface area contributed by atoms with Gasteiger partial charge in [-0.1, -0.05) is 19.0 Å². The predicted octanol–water partition coefficient (Wildman–Crippen LogP) is 2.86. The van der Waals surface area contributed by atoms with E-state index in [-0.39, 0.29) is 23.7 Å². The highest BCUT2D eigenvalue weighted by atomic mass is 16.5. The monoisotopic (exact) mass is 440 g/mol. The smallest absolute Gasteiger partial charge is 0.259 e. The summed E-state index contributed by atoms with van der Waals surface area (Å²) in [4.78, 5) is 38.4. The maximum atomic E-state index is 13.3. The van der Waals surface area contributed by atoms with Crippen molar-refractivity contribution in [3.8, 4) is 0 Å². The summed E-state index contributed by atoms with van der Waals surface area (Å²) in [6.45, 7) is 9.96. The van der Waals surface area contributed by atoms with Crippen LogP contribution in [-0.4, -0.2) is 63.4 Å². The van der Waals surface area contributed by atoms with Crippen LogP contribution in [0.2, 0.25) is 0 Å². The average molecular weight is 441 g/mol. The van der Waals surface area contributed by atoms with E-state index in [2.05, 4.69) is 10.5 Å². The number of amides is 2. The number of piperidine rings is 1. The largest absolute Gasteiger partial charge is 0.373 e. The number of carbonyl (C=O) groups is 2. The second-order valence-electron chi connectivity index (χ2n) is 9.02. The van der Waals surface area contributed by atoms with Gasteiger partial charge in [-0.3, -0.25) is 9.59 Å². The summed E-state index contributed by atoms with van der Waals surface area (Å²) in [5.74, 6) is 2.60. The third-order valence-corrected chi connectivity index (χ3v) is 6.56. The molecule has 0 spiro atoms. The second-order valence-corrected chi connectivity index (χ2v) is 9.02. The number of nitrogens with zero attached hydrogens (tertiary/aromatic N) is 5. The number of nitrogens with one attached hydrogen (secondary N) is 1. The van der Waals surface area contributed by atoms with Crippen molar-refractivity contribution in [2.45, 2.75) is 65.3 Å². The van der Waals surface area contributed by atoms with Crippen LogP contribution < -0.4 is 5.32 Å². The lowest BCUT2D eigenvalue weighted by Gasteiger charge is -2.33. The van der Waals surface area contributed by atoms with Gasteiger partial charge in [-0.15, -0.1) is 0 Å². The molecular weight excluding hydrogens is 408 g/mol. The zero-order valence-electron chi connectivity index (χ0n) is 19.6. The van der Waals surface area contributed by atoms with Gasteiger partial charge in [0.2, 0.25) is 5.91 Å². The molecule has 0 radical (unpaired) electrons. The Morgan fingerprint density at radius 1 is 1.12 bits per heavy atom. The molecule has 4 rings (SSSR count). The zero-order chi connectivity index (χ0) is 23.0. The SMILES string of the molecule is CNc1nc(C2CCN(C(C)=O)CC2)nc2c1CN(C(=O)c1c(C(C)C)noc1C)CC2. The first-order chi connectivity index (χ1) is 15.3. The molecule has 2 aliphatic heterocycles. The molecule has 1 N–H and O–H groups in total. The molecule has 0 saturated carbocycles. The molecule has 2 aliphatic rings. The van der Waals surface area contributed by atoms with E-state index in [0.717, 1.165) is 48.8 Å². The molecule has 2 aromatic heterocycles. The van der Waals surface area contributed by atoms with Gasteiger partial charge in [0.15, 0.2) is 0 Å². The van der Waals surface area contributed by atoms with Crippen LogP contribution in [0.5, 0.6) is 0 Å². The Morgan fingerprint density at radius 2 is 1.84 bits per heavy atom. The van der Waals surface area contributed by atoms with Gasteiger partial charge in [-0.2, -0.15) is 0 Å². The minimum absolute atomic E-state index is 0.0548. The summed E-state index contributed by atoms with van der Waals surface area (Å²) in [6.07, 6.45) is 2.42. The normalized spacial score (nSPS) is 16.9. The molecule has 1 saturated heterocycles. The van der Waals surface area contributed by atoms with Crippen LogP contribution in [0.3, 0.4) is 0 Å². The number of carbonyl (C=O) groups excluding carboxylic acids is 2. The van der Waals surface area contributed by atoms with Crippen LogP contribution in [-0.2, 0) is 17.8 Å². The molecule has 1 fully saturated rings. The second kappa shape index (κ2) is 8.88. The van der Waals surface area contributed by atoms with Gasteiger partial charge in [0, 0.05) is 51.5 Å². The Bertz CT molecular complexity index is 1010. The van der Waals surface area contributed by atoms with Crippen molar-refractivity contribution < 1.29 is 14.1 Å². The van der Waals surface area contributed by atoms with Crippen molar-refractivity contribution in [2.24, 2.45) is 0 Å². The Morgan fingerprint density at radius 3 is 2.47 bits per heavy atom. The van der Waals surface area contributed by atoms with Gasteiger partial charge in [-0.05, 0) is 25.7 Å². The minimum Gasteiger partial charge on any atom is -0.373 e. The third kappa shape index (κ3) is 4.08. The first kappa shape index (κ1) is 22.2. The van der Waals surface area contributed by atoms with Crippen molar-refractivity contribution in [1.82, 2.24) is 24.9 Å². The minimum atomic E-state index is -0.0548. The van der Waals surface area contributed by atoms with Crippen LogP contribution in [0, 0.1) is 6.92 Å². The lowest BCUT2D eigenvalue weighted by atomic mass is 9.95. The Hall–Kier alpha value is -2.97. The first-order valence-corrected chi connectivity index (χ1v) is 11.4. The van der Waals surface area contributed by atoms with E-state index in [1.54, 1.807) is 13.8 Å². The molecule has 4 heterocycles. The number of aromatic nitrogens is 3. The molecule has 0 aliphatic carbocycles. The van der Waals surface area contributed by atoms with E-state index in [1.165, 1.54) is 0 Å². The van der Waals surface area contributed by atoms with E-state index in [9.17, 15) is 9.59 Å². The standard InChI is InChI=1S/C23H32N6O3/c1-13(2)20-19(14(3)32-27-20)23(31)29-11-8-18-17(12-29)22(24-5)26-21(25-18)16-6-9-28(10-7-16)15(4)30/h13,16H,6-12H2,1-5H3,(H,24,25,26). The lowest BCUT2D eigenvalue weighted by Crippen LogP contribution is -2.38. The maximum Gasteiger partial charge on any atom is 0.259 e. The summed E-state index contributed by atoms with van der Waals surface area (Å²) in [7, 11) is 1.85. The topological polar surface area (TPSA) is 104 Å². The number of hydrogen-bond acceptors (Lipinski definition) is 7. The van der Waals surface area contributed by atoms with Gasteiger partial charge < -0.3 is 19.6 Å². The van der Waals surface area contributed by atoms with E-state index < -0.39 is 0 Å². The number of rotatable bonds is 4. The molecule has 2 aromatic rings. The Labute approximate surface area is 188 Å². The van der Waals surface area contributed by atoms with Crippen molar-refractivity contribution >= 4 is 17.6 Å². The highest BCUT2D eigenvalue weighted by Gasteiger charge is 2.32. The quantitative estimate of drug-likeness (QED) is 0.779. The van der Waals surface area contributed by atoms with Crippen LogP contribution in [0.15, 0.2) is 4.52 Å². The Kier molecular flexibility index (Phi) is 6.17. The van der Waals surface area contributed by atoms with Crippen molar-refractivity contribution in [1.29, 1.82) is 0 Å². The van der Waals surface area contributed by atoms with Gasteiger partial charge in [0.25, 0.3) is 5.91 Å². The van der Waals surface area contributed by atoms with Gasteiger partial charge >= 0.3 is 0 Å². The Balaban J connectivity index is 1.56. The van der Waals surface area contributed by atoms with Gasteiger partial charge in [0.1, 0.15) is 23.0 Å². The average Bonchev–Trinajstić information content (AvgIpc) is 3.19. The number of fused-ring (bicyclic) bond motifs is 1. The molecule has 0 aromatic carbocycles. The summed E-state index contributed by atoms with van der Waals surface area (Å²) in [5, 5.41) is 7.32. The van der Waals surface area contributed by atoms with Crippen LogP contribution in [0.25, 0.3) is 0 Å². The molecule has 9 nitrogen and oxygen atoms in total. The molecule has 32 heavy (non-hydrogen) atoms. The molecule has 0 unspecified atom stereocenters. The number of aryl methyl sites for hydroxylation is 1. The third-order valence-electron chi connectivity index (χ3n) is 6.56. The maximum absolute atomic E-state index is 13.3. The fourth-order valence-electron chi connectivity index (χ4n) is 4.65. The molecule has 0 atom stereocenters. The summed E-state index contributed by atoms with van der Waals surface area (Å²) in [6, 6.07) is 0. The van der Waals surface area contributed by atoms with Crippen LogP contribution in [0.4, 0.5) is 5.82 Å². The fourth-order valence-corrected chi connectivity index (χ4v) is 4.65. The zero-order valence-corrected chi connectivity index (χ0v) is 19.6. The molecule has 9 heteroatoms. The van der Waals surface area contributed by atoms with E-state index in [4.69, 9.17) is 14.5 Å². The van der Waals surface area contributed by atoms with Gasteiger partial charge in [0.05, 0.1) is 17.9 Å². The fraction of sp³-hybridized carbons (Fsp3) is 0.609. The molecule has 2 amide bonds. The van der Waals surface area contributed by atoms with E-state index in [0.29, 0.717) is 36.5 Å². The van der Waals surface area contributed by atoms with E-state index >= 15 is 0 Å². The van der Waals surface area contributed by atoms with Crippen LogP contribution in [0.1, 0.15) is 84.3 Å². The van der Waals surface area contributed by atoms with Crippen molar-refractivity contribution in [3.63, 3.8) is 0 Å². The molecule has 0 bridgehead atoms. The summed E-state index contributed by atoms with van der Waals surface area (Å²) in [5.41, 5.74) is 3.25. The number of anilines is 1. The van der Waals surface area contributed by atoms with Crippen LogP contribution >= 0.6 is 0 Å². The summed E-state index contributed by atoms with van der Waals surface area (Å²) >= 11 is 0. The van der Waals surface area contributed by atoms with Crippen molar-refractivity contribution in [2.75, 3.05) is 32.0 Å². The van der Waals surface area contributed by atoms with Crippen molar-refractivity contribution in [3.05, 3.63) is 34.1 Å². The molecular formula is C23H32N6O3. The highest BCUT2D eigenvalue weighted by molar-refractivity contribution is 5.96. The highest BCUT2D eigenvalue weighted by Crippen LogP contribution is 2.32. The molecule has 172 valence electrons. The lowest BCUT2D eigenvalue weighted by molar-refractivity contribution is -0.129. The number of likely N-dealkylation sites (tertiary alicyclic amines) is 1. The number of hydrogen-bond donors (Lipinski definition) is 1. The summed E-state index contributed by atoms with van der Waals surface area (Å²) < 4.78 is 5.33. The predicted molar refractivity (Wildman–Crippen MR) is 120 cm³/mol. The van der Waals surface area contributed by atoms with E-state index in [1.807, 2.05) is 30.7 Å². The van der Waals surface area contributed by atoms with Gasteiger partial charge in [-0.25, -0.2) is 9.97 Å².